The summed E-state index contributed by atoms with van der Waals surface area (Å²) in [5.74, 6) is 0.880. The number of aryl methyl sites for hydroxylation is 1. The smallest absolute Gasteiger partial charge is 0.274 e. The van der Waals surface area contributed by atoms with Crippen LogP contribution in [0, 0.1) is 6.92 Å². The molecule has 3 heterocycles. The molecule has 1 amide bonds. The second-order valence-corrected chi connectivity index (χ2v) is 5.85. The van der Waals surface area contributed by atoms with Crippen LogP contribution in [0.1, 0.15) is 47.7 Å². The van der Waals surface area contributed by atoms with Gasteiger partial charge in [0.05, 0.1) is 23.4 Å². The molecule has 1 saturated heterocycles. The summed E-state index contributed by atoms with van der Waals surface area (Å²) in [4.78, 5) is 18.9. The Morgan fingerprint density at radius 2 is 2.35 bits per heavy atom. The molecule has 122 valence electrons. The Hall–Kier alpha value is -2.08. The van der Waals surface area contributed by atoms with Gasteiger partial charge in [-0.25, -0.2) is 4.98 Å². The van der Waals surface area contributed by atoms with Crippen molar-refractivity contribution in [3.8, 4) is 5.88 Å². The van der Waals surface area contributed by atoms with Gasteiger partial charge in [-0.3, -0.25) is 4.79 Å². The molecule has 0 radical (unpaired) electrons. The van der Waals surface area contributed by atoms with E-state index in [4.69, 9.17) is 20.9 Å². The molecule has 0 aromatic carbocycles. The standard InChI is InChI=1S/C16H18ClN3O3/c1-3-22-14-7-6-11(17)15(18-14)16(21)20-8-4-5-12(20)13-9-10(2)19-23-13/h6-7,9,12H,3-5,8H2,1-2H3/t12-/m1/s1. The third kappa shape index (κ3) is 3.17. The number of nitrogens with zero attached hydrogens (tertiary/aromatic N) is 3. The molecule has 3 rings (SSSR count). The van der Waals surface area contributed by atoms with Crippen molar-refractivity contribution in [1.29, 1.82) is 0 Å². The van der Waals surface area contributed by atoms with Gasteiger partial charge >= 0.3 is 0 Å². The zero-order valence-corrected chi connectivity index (χ0v) is 13.8. The molecule has 2 aromatic heterocycles. The van der Waals surface area contributed by atoms with Crippen molar-refractivity contribution < 1.29 is 14.1 Å². The second kappa shape index (κ2) is 6.58. The van der Waals surface area contributed by atoms with E-state index in [-0.39, 0.29) is 17.6 Å². The number of carbonyl (C=O) groups excluding carboxylic acids is 1. The maximum atomic E-state index is 12.9. The fourth-order valence-electron chi connectivity index (χ4n) is 2.78. The molecule has 1 aliphatic heterocycles. The molecule has 0 unspecified atom stereocenters. The first kappa shape index (κ1) is 15.8. The highest BCUT2D eigenvalue weighted by Gasteiger charge is 2.34. The summed E-state index contributed by atoms with van der Waals surface area (Å²) in [7, 11) is 0. The predicted octanol–water partition coefficient (Wildman–Crippen LogP) is 3.41. The highest BCUT2D eigenvalue weighted by atomic mass is 35.5. The van der Waals surface area contributed by atoms with E-state index in [2.05, 4.69) is 10.1 Å². The fourth-order valence-corrected chi connectivity index (χ4v) is 2.97. The summed E-state index contributed by atoms with van der Waals surface area (Å²) in [5.41, 5.74) is 1.01. The topological polar surface area (TPSA) is 68.5 Å². The van der Waals surface area contributed by atoms with Gasteiger partial charge in [0.25, 0.3) is 5.91 Å². The largest absolute Gasteiger partial charge is 0.478 e. The number of carbonyl (C=O) groups is 1. The lowest BCUT2D eigenvalue weighted by Crippen LogP contribution is -2.31. The molecule has 0 saturated carbocycles. The molecule has 1 aliphatic rings. The maximum Gasteiger partial charge on any atom is 0.274 e. The van der Waals surface area contributed by atoms with Crippen LogP contribution in [-0.2, 0) is 0 Å². The molecule has 23 heavy (non-hydrogen) atoms. The minimum atomic E-state index is -0.215. The van der Waals surface area contributed by atoms with E-state index < -0.39 is 0 Å². The lowest BCUT2D eigenvalue weighted by Gasteiger charge is -2.22. The van der Waals surface area contributed by atoms with Crippen molar-refractivity contribution in [2.75, 3.05) is 13.2 Å². The first-order chi connectivity index (χ1) is 11.1. The molecular formula is C16H18ClN3O3. The van der Waals surface area contributed by atoms with Gasteiger partial charge in [0, 0.05) is 18.7 Å². The maximum absolute atomic E-state index is 12.9. The quantitative estimate of drug-likeness (QED) is 0.856. The third-order valence-corrected chi connectivity index (χ3v) is 4.11. The Morgan fingerprint density at radius 1 is 1.52 bits per heavy atom. The number of aromatic nitrogens is 2. The number of rotatable bonds is 4. The molecule has 0 bridgehead atoms. The number of halogens is 1. The highest BCUT2D eigenvalue weighted by Crippen LogP contribution is 2.34. The van der Waals surface area contributed by atoms with E-state index in [0.717, 1.165) is 18.5 Å². The van der Waals surface area contributed by atoms with E-state index in [1.165, 1.54) is 0 Å². The summed E-state index contributed by atoms with van der Waals surface area (Å²) in [5, 5.41) is 4.23. The molecule has 1 atom stereocenters. The van der Waals surface area contributed by atoms with Crippen molar-refractivity contribution >= 4 is 17.5 Å². The van der Waals surface area contributed by atoms with Crippen molar-refractivity contribution in [2.24, 2.45) is 0 Å². The van der Waals surface area contributed by atoms with Crippen LogP contribution in [0.5, 0.6) is 5.88 Å². The molecule has 6 nitrogen and oxygen atoms in total. The van der Waals surface area contributed by atoms with Gasteiger partial charge in [0.2, 0.25) is 5.88 Å². The Morgan fingerprint density at radius 3 is 3.04 bits per heavy atom. The average Bonchev–Trinajstić information content (AvgIpc) is 3.17. The lowest BCUT2D eigenvalue weighted by molar-refractivity contribution is 0.0707. The number of amides is 1. The van der Waals surface area contributed by atoms with Crippen LogP contribution < -0.4 is 4.74 Å². The van der Waals surface area contributed by atoms with Gasteiger partial charge in [-0.1, -0.05) is 16.8 Å². The minimum Gasteiger partial charge on any atom is -0.478 e. The Balaban J connectivity index is 1.88. The lowest BCUT2D eigenvalue weighted by atomic mass is 10.1. The monoisotopic (exact) mass is 335 g/mol. The number of hydrogen-bond donors (Lipinski definition) is 0. The van der Waals surface area contributed by atoms with Gasteiger partial charge in [-0.15, -0.1) is 0 Å². The van der Waals surface area contributed by atoms with Crippen molar-refractivity contribution in [3.63, 3.8) is 0 Å². The van der Waals surface area contributed by atoms with Crippen LogP contribution >= 0.6 is 11.6 Å². The van der Waals surface area contributed by atoms with Gasteiger partial charge in [0.1, 0.15) is 0 Å². The zero-order chi connectivity index (χ0) is 16.4. The molecule has 0 aliphatic carbocycles. The summed E-state index contributed by atoms with van der Waals surface area (Å²) >= 11 is 6.17. The van der Waals surface area contributed by atoms with Gasteiger partial charge in [-0.2, -0.15) is 0 Å². The van der Waals surface area contributed by atoms with Crippen LogP contribution in [0.2, 0.25) is 5.02 Å². The van der Waals surface area contributed by atoms with E-state index in [0.29, 0.717) is 29.8 Å². The number of ether oxygens (including phenoxy) is 1. The van der Waals surface area contributed by atoms with Gasteiger partial charge < -0.3 is 14.2 Å². The molecule has 0 spiro atoms. The molecule has 1 fully saturated rings. The van der Waals surface area contributed by atoms with Crippen LogP contribution in [0.3, 0.4) is 0 Å². The Bertz CT molecular complexity index is 716. The summed E-state index contributed by atoms with van der Waals surface area (Å²) < 4.78 is 10.7. The van der Waals surface area contributed by atoms with E-state index in [1.54, 1.807) is 17.0 Å². The van der Waals surface area contributed by atoms with Crippen LogP contribution in [-0.4, -0.2) is 34.1 Å². The van der Waals surface area contributed by atoms with Crippen LogP contribution in [0.4, 0.5) is 0 Å². The first-order valence-corrected chi connectivity index (χ1v) is 8.01. The van der Waals surface area contributed by atoms with Crippen LogP contribution in [0.15, 0.2) is 22.7 Å². The summed E-state index contributed by atoms with van der Waals surface area (Å²) in [6.45, 7) is 4.84. The summed E-state index contributed by atoms with van der Waals surface area (Å²) in [6, 6.07) is 5.03. The van der Waals surface area contributed by atoms with Crippen molar-refractivity contribution in [1.82, 2.24) is 15.0 Å². The average molecular weight is 336 g/mol. The fraction of sp³-hybridized carbons (Fsp3) is 0.438. The molecule has 2 aromatic rings. The zero-order valence-electron chi connectivity index (χ0n) is 13.1. The Labute approximate surface area is 139 Å². The van der Waals surface area contributed by atoms with E-state index in [9.17, 15) is 4.79 Å². The van der Waals surface area contributed by atoms with Crippen molar-refractivity contribution in [2.45, 2.75) is 32.7 Å². The van der Waals surface area contributed by atoms with Crippen molar-refractivity contribution in [3.05, 3.63) is 40.4 Å². The predicted molar refractivity (Wildman–Crippen MR) is 84.7 cm³/mol. The molecule has 7 heteroatoms. The second-order valence-electron chi connectivity index (χ2n) is 5.44. The highest BCUT2D eigenvalue weighted by molar-refractivity contribution is 6.33. The third-order valence-electron chi connectivity index (χ3n) is 3.80. The number of hydrogen-bond acceptors (Lipinski definition) is 5. The van der Waals surface area contributed by atoms with Crippen LogP contribution in [0.25, 0.3) is 0 Å². The SMILES string of the molecule is CCOc1ccc(Cl)c(C(=O)N2CCC[C@@H]2c2cc(C)no2)n1. The number of likely N-dealkylation sites (tertiary alicyclic amines) is 1. The number of pyridine rings is 1. The van der Waals surface area contributed by atoms with Gasteiger partial charge in [0.15, 0.2) is 11.5 Å². The van der Waals surface area contributed by atoms with Gasteiger partial charge in [-0.05, 0) is 32.8 Å². The van der Waals surface area contributed by atoms with E-state index in [1.807, 2.05) is 19.9 Å². The Kier molecular flexibility index (Phi) is 4.52. The normalized spacial score (nSPS) is 17.5. The first-order valence-electron chi connectivity index (χ1n) is 7.63. The molecule has 0 N–H and O–H groups in total. The van der Waals surface area contributed by atoms with E-state index >= 15 is 0 Å². The minimum absolute atomic E-state index is 0.127. The summed E-state index contributed by atoms with van der Waals surface area (Å²) in [6.07, 6.45) is 1.74. The molecular weight excluding hydrogens is 318 g/mol.